The second-order valence-electron chi connectivity index (χ2n) is 5.15. The number of furan rings is 1. The zero-order valence-electron chi connectivity index (χ0n) is 11.6. The van der Waals surface area contributed by atoms with E-state index in [-0.39, 0.29) is 5.76 Å². The first-order valence-corrected chi connectivity index (χ1v) is 6.88. The Balaban J connectivity index is 1.89. The van der Waals surface area contributed by atoms with Crippen LogP contribution in [0.5, 0.6) is 0 Å². The molecule has 0 aromatic carbocycles. The van der Waals surface area contributed by atoms with Crippen molar-refractivity contribution < 1.29 is 14.3 Å². The van der Waals surface area contributed by atoms with Crippen molar-refractivity contribution in [3.63, 3.8) is 0 Å². The van der Waals surface area contributed by atoms with Gasteiger partial charge in [-0.05, 0) is 19.4 Å². The van der Waals surface area contributed by atoms with E-state index in [1.54, 1.807) is 6.07 Å². The monoisotopic (exact) mass is 266 g/mol. The topological polar surface area (TPSA) is 56.9 Å². The number of aromatic carboxylic acids is 1. The van der Waals surface area contributed by atoms with Crippen molar-refractivity contribution in [1.29, 1.82) is 0 Å². The van der Waals surface area contributed by atoms with E-state index < -0.39 is 5.97 Å². The molecular formula is C14H22N2O3. The number of rotatable bonds is 5. The molecule has 0 spiro atoms. The Morgan fingerprint density at radius 2 is 2.11 bits per heavy atom. The maximum Gasteiger partial charge on any atom is 0.372 e. The van der Waals surface area contributed by atoms with E-state index in [1.807, 2.05) is 0 Å². The molecule has 1 aliphatic heterocycles. The first kappa shape index (κ1) is 14.1. The fraction of sp³-hybridized carbons (Fsp3) is 0.643. The van der Waals surface area contributed by atoms with Gasteiger partial charge in [-0.15, -0.1) is 0 Å². The summed E-state index contributed by atoms with van der Waals surface area (Å²) in [6.45, 7) is 9.19. The van der Waals surface area contributed by atoms with Crippen LogP contribution in [-0.4, -0.2) is 53.1 Å². The highest BCUT2D eigenvalue weighted by Crippen LogP contribution is 2.16. The first-order chi connectivity index (χ1) is 9.11. The molecule has 1 aromatic heterocycles. The minimum Gasteiger partial charge on any atom is -0.475 e. The highest BCUT2D eigenvalue weighted by atomic mass is 16.4. The SMILES string of the molecule is CCC(C)N1CCN(Cc2ccoc2C(=O)O)CC1. The van der Waals surface area contributed by atoms with E-state index in [4.69, 9.17) is 9.52 Å². The highest BCUT2D eigenvalue weighted by molar-refractivity contribution is 5.86. The molecule has 5 nitrogen and oxygen atoms in total. The van der Waals surface area contributed by atoms with E-state index in [1.165, 1.54) is 12.7 Å². The van der Waals surface area contributed by atoms with Gasteiger partial charge in [0.15, 0.2) is 0 Å². The minimum atomic E-state index is -0.988. The lowest BCUT2D eigenvalue weighted by Gasteiger charge is -2.37. The van der Waals surface area contributed by atoms with Crippen LogP contribution in [0.15, 0.2) is 16.7 Å². The number of carboxylic acid groups (broad SMARTS) is 1. The van der Waals surface area contributed by atoms with Crippen LogP contribution in [0.25, 0.3) is 0 Å². The molecule has 2 rings (SSSR count). The normalized spacial score (nSPS) is 19.5. The number of nitrogens with zero attached hydrogens (tertiary/aromatic N) is 2. The van der Waals surface area contributed by atoms with E-state index in [9.17, 15) is 4.79 Å². The van der Waals surface area contributed by atoms with Crippen molar-refractivity contribution in [2.24, 2.45) is 0 Å². The summed E-state index contributed by atoms with van der Waals surface area (Å²) >= 11 is 0. The second-order valence-corrected chi connectivity index (χ2v) is 5.15. The van der Waals surface area contributed by atoms with Crippen LogP contribution in [0.4, 0.5) is 0 Å². The summed E-state index contributed by atoms with van der Waals surface area (Å²) in [5, 5.41) is 9.01. The number of carbonyl (C=O) groups is 1. The Kier molecular flexibility index (Phi) is 4.61. The molecule has 5 heteroatoms. The molecule has 0 radical (unpaired) electrons. The maximum absolute atomic E-state index is 11.0. The minimum absolute atomic E-state index is 0.0735. The van der Waals surface area contributed by atoms with Gasteiger partial charge in [0.05, 0.1) is 6.26 Å². The van der Waals surface area contributed by atoms with Crippen LogP contribution in [0, 0.1) is 0 Å². The molecule has 0 bridgehead atoms. The molecule has 1 N–H and O–H groups in total. The predicted octanol–water partition coefficient (Wildman–Crippen LogP) is 1.89. The van der Waals surface area contributed by atoms with Crippen molar-refractivity contribution >= 4 is 5.97 Å². The third-order valence-corrected chi connectivity index (χ3v) is 3.96. The maximum atomic E-state index is 11.0. The third-order valence-electron chi connectivity index (χ3n) is 3.96. The van der Waals surface area contributed by atoms with E-state index >= 15 is 0 Å². The van der Waals surface area contributed by atoms with E-state index in [0.29, 0.717) is 12.6 Å². The lowest BCUT2D eigenvalue weighted by Crippen LogP contribution is -2.49. The fourth-order valence-corrected chi connectivity index (χ4v) is 2.51. The van der Waals surface area contributed by atoms with Gasteiger partial charge >= 0.3 is 5.97 Å². The average molecular weight is 266 g/mol. The van der Waals surface area contributed by atoms with Gasteiger partial charge in [0.2, 0.25) is 5.76 Å². The summed E-state index contributed by atoms with van der Waals surface area (Å²) in [5.41, 5.74) is 0.768. The molecular weight excluding hydrogens is 244 g/mol. The van der Waals surface area contributed by atoms with Crippen LogP contribution < -0.4 is 0 Å². The van der Waals surface area contributed by atoms with Crippen molar-refractivity contribution in [1.82, 2.24) is 9.80 Å². The van der Waals surface area contributed by atoms with Gasteiger partial charge in [-0.3, -0.25) is 9.80 Å². The highest BCUT2D eigenvalue weighted by Gasteiger charge is 2.22. The summed E-state index contributed by atoms with van der Waals surface area (Å²) in [7, 11) is 0. The van der Waals surface area contributed by atoms with Crippen LogP contribution in [0.2, 0.25) is 0 Å². The zero-order valence-corrected chi connectivity index (χ0v) is 11.6. The molecule has 1 saturated heterocycles. The third kappa shape index (κ3) is 3.36. The zero-order chi connectivity index (χ0) is 13.8. The number of carboxylic acids is 1. The fourth-order valence-electron chi connectivity index (χ4n) is 2.51. The van der Waals surface area contributed by atoms with Gasteiger partial charge < -0.3 is 9.52 Å². The molecule has 2 heterocycles. The molecule has 0 amide bonds. The van der Waals surface area contributed by atoms with Crippen LogP contribution in [0.3, 0.4) is 0 Å². The van der Waals surface area contributed by atoms with Gasteiger partial charge in [0.1, 0.15) is 0 Å². The Morgan fingerprint density at radius 3 is 2.68 bits per heavy atom. The van der Waals surface area contributed by atoms with Crippen LogP contribution in [0.1, 0.15) is 36.4 Å². The van der Waals surface area contributed by atoms with Crippen LogP contribution >= 0.6 is 0 Å². The molecule has 1 aliphatic rings. The summed E-state index contributed by atoms with van der Waals surface area (Å²) in [4.78, 5) is 15.8. The first-order valence-electron chi connectivity index (χ1n) is 6.88. The van der Waals surface area contributed by atoms with Crippen molar-refractivity contribution in [2.45, 2.75) is 32.9 Å². The summed E-state index contributed by atoms with van der Waals surface area (Å²) < 4.78 is 5.01. The summed E-state index contributed by atoms with van der Waals surface area (Å²) in [6.07, 6.45) is 2.62. The quantitative estimate of drug-likeness (QED) is 0.882. The van der Waals surface area contributed by atoms with Crippen LogP contribution in [-0.2, 0) is 6.54 Å². The van der Waals surface area contributed by atoms with Gasteiger partial charge in [0.25, 0.3) is 0 Å². The van der Waals surface area contributed by atoms with Crippen molar-refractivity contribution in [2.75, 3.05) is 26.2 Å². The lowest BCUT2D eigenvalue weighted by molar-refractivity contribution is 0.0655. The molecule has 1 unspecified atom stereocenters. The number of piperazine rings is 1. The molecule has 0 saturated carbocycles. The molecule has 19 heavy (non-hydrogen) atoms. The lowest BCUT2D eigenvalue weighted by atomic mass is 10.1. The molecule has 106 valence electrons. The predicted molar refractivity (Wildman–Crippen MR) is 72.3 cm³/mol. The van der Waals surface area contributed by atoms with Gasteiger partial charge in [-0.1, -0.05) is 6.92 Å². The molecule has 1 aromatic rings. The van der Waals surface area contributed by atoms with Crippen molar-refractivity contribution in [3.05, 3.63) is 23.7 Å². The Hall–Kier alpha value is -1.33. The summed E-state index contributed by atoms with van der Waals surface area (Å²) in [6, 6.07) is 2.38. The Morgan fingerprint density at radius 1 is 1.42 bits per heavy atom. The molecule has 1 atom stereocenters. The standard InChI is InChI=1S/C14H22N2O3/c1-3-11(2)16-7-5-15(6-8-16)10-12-4-9-19-13(12)14(17)18/h4,9,11H,3,5-8,10H2,1-2H3,(H,17,18). The van der Waals surface area contributed by atoms with Gasteiger partial charge in [-0.25, -0.2) is 4.79 Å². The van der Waals surface area contributed by atoms with Crippen molar-refractivity contribution in [3.8, 4) is 0 Å². The molecule has 0 aliphatic carbocycles. The number of hydrogen-bond donors (Lipinski definition) is 1. The van der Waals surface area contributed by atoms with Gasteiger partial charge in [-0.2, -0.15) is 0 Å². The Labute approximate surface area is 113 Å². The summed E-state index contributed by atoms with van der Waals surface area (Å²) in [5.74, 6) is -0.914. The van der Waals surface area contributed by atoms with E-state index in [2.05, 4.69) is 23.6 Å². The Bertz CT molecular complexity index is 422. The molecule has 1 fully saturated rings. The smallest absolute Gasteiger partial charge is 0.372 e. The largest absolute Gasteiger partial charge is 0.475 e. The number of hydrogen-bond acceptors (Lipinski definition) is 4. The average Bonchev–Trinajstić information content (AvgIpc) is 2.87. The van der Waals surface area contributed by atoms with E-state index in [0.717, 1.165) is 31.7 Å². The second kappa shape index (κ2) is 6.21. The van der Waals surface area contributed by atoms with Gasteiger partial charge in [0, 0.05) is 44.3 Å².